The molecule has 2 aromatic rings. The second kappa shape index (κ2) is 6.62. The number of aliphatic hydroxyl groups is 1. The van der Waals surface area contributed by atoms with E-state index in [0.717, 1.165) is 36.1 Å². The number of hydrogen-bond donors (Lipinski definition) is 2. The van der Waals surface area contributed by atoms with Crippen molar-refractivity contribution in [2.24, 2.45) is 0 Å². The van der Waals surface area contributed by atoms with E-state index in [1.165, 1.54) is 6.08 Å². The molecule has 1 saturated heterocycles. The fourth-order valence-corrected chi connectivity index (χ4v) is 7.05. The quantitative estimate of drug-likeness (QED) is 0.719. The Morgan fingerprint density at radius 3 is 2.94 bits per heavy atom. The maximum atomic E-state index is 13.2. The lowest BCUT2D eigenvalue weighted by Crippen LogP contribution is -2.81. The third kappa shape index (κ3) is 2.30. The van der Waals surface area contributed by atoms with Gasteiger partial charge >= 0.3 is 0 Å². The van der Waals surface area contributed by atoms with E-state index in [1.54, 1.807) is 42.7 Å². The fourth-order valence-electron chi connectivity index (χ4n) is 7.05. The summed E-state index contributed by atoms with van der Waals surface area (Å²) in [5, 5.41) is 23.2. The van der Waals surface area contributed by atoms with Gasteiger partial charge in [0.05, 0.1) is 24.0 Å². The first-order valence-corrected chi connectivity index (χ1v) is 11.3. The molecule has 7 nitrogen and oxygen atoms in total. The van der Waals surface area contributed by atoms with Gasteiger partial charge in [-0.25, -0.2) is 0 Å². The number of likely N-dealkylation sites (tertiary alicyclic amines) is 1. The van der Waals surface area contributed by atoms with Crippen LogP contribution in [0.5, 0.6) is 11.5 Å². The van der Waals surface area contributed by atoms with Crippen LogP contribution < -0.4 is 4.74 Å². The molecule has 2 N–H and O–H groups in total. The summed E-state index contributed by atoms with van der Waals surface area (Å²) in [7, 11) is 3.84. The number of likely N-dealkylation sites (N-methyl/N-ethyl adjacent to an activating group) is 2. The van der Waals surface area contributed by atoms with E-state index < -0.39 is 11.0 Å². The standard InChI is InChI=1S/C25H28N2O5/c1-26-11-10-24-20-7-6-18(27(2)21(29)8-3-15-9-12-31-14-15)25(24,30)19(26)13-16-4-5-17(28)23(32-20)22(16)24/h3-5,8-9,12,14,18-20,28,30H,6-7,10-11,13H2,1-2H3/b8-3+/t18-,19+,20-,24+,25+/m0/s1. The summed E-state index contributed by atoms with van der Waals surface area (Å²) in [5.74, 6) is 0.515. The third-order valence-electron chi connectivity index (χ3n) is 8.49. The zero-order chi connectivity index (χ0) is 22.3. The molecule has 3 heterocycles. The number of phenolic OH excluding ortho intramolecular Hbond substituents is 1. The van der Waals surface area contributed by atoms with Crippen LogP contribution in [0.1, 0.15) is 36.0 Å². The Labute approximate surface area is 186 Å². The summed E-state index contributed by atoms with van der Waals surface area (Å²) in [4.78, 5) is 17.1. The number of nitrogens with zero attached hydrogens (tertiary/aromatic N) is 2. The van der Waals surface area contributed by atoms with Crippen LogP contribution in [0.15, 0.2) is 41.2 Å². The average molecular weight is 437 g/mol. The Morgan fingerprint density at radius 1 is 1.31 bits per heavy atom. The number of piperidine rings is 1. The van der Waals surface area contributed by atoms with Crippen LogP contribution in [0.3, 0.4) is 0 Å². The van der Waals surface area contributed by atoms with Crippen molar-refractivity contribution in [3.05, 3.63) is 53.5 Å². The summed E-state index contributed by atoms with van der Waals surface area (Å²) in [6.07, 6.45) is 8.98. The number of amides is 1. The van der Waals surface area contributed by atoms with Gasteiger partial charge in [0.25, 0.3) is 0 Å². The molecule has 32 heavy (non-hydrogen) atoms. The molecule has 1 aromatic heterocycles. The Balaban J connectivity index is 1.45. The van der Waals surface area contributed by atoms with Crippen molar-refractivity contribution in [2.45, 2.75) is 54.9 Å². The van der Waals surface area contributed by atoms with Crippen molar-refractivity contribution >= 4 is 12.0 Å². The Kier molecular flexibility index (Phi) is 4.11. The van der Waals surface area contributed by atoms with Crippen molar-refractivity contribution in [3.8, 4) is 11.5 Å². The molecule has 0 radical (unpaired) electrons. The second-order valence-corrected chi connectivity index (χ2v) is 9.73. The Morgan fingerprint density at radius 2 is 2.16 bits per heavy atom. The highest BCUT2D eigenvalue weighted by molar-refractivity contribution is 5.92. The van der Waals surface area contributed by atoms with E-state index in [1.807, 2.05) is 6.07 Å². The van der Waals surface area contributed by atoms with Crippen molar-refractivity contribution in [1.29, 1.82) is 0 Å². The normalized spacial score (nSPS) is 34.9. The predicted octanol–water partition coefficient (Wildman–Crippen LogP) is 2.31. The minimum absolute atomic E-state index is 0.135. The summed E-state index contributed by atoms with van der Waals surface area (Å²) in [6, 6.07) is 4.97. The first-order valence-electron chi connectivity index (χ1n) is 11.3. The van der Waals surface area contributed by atoms with Crippen LogP contribution in [0.25, 0.3) is 6.08 Å². The van der Waals surface area contributed by atoms with E-state index in [0.29, 0.717) is 18.6 Å². The monoisotopic (exact) mass is 436 g/mol. The van der Waals surface area contributed by atoms with Crippen LogP contribution >= 0.6 is 0 Å². The summed E-state index contributed by atoms with van der Waals surface area (Å²) in [5.41, 5.74) is 1.12. The van der Waals surface area contributed by atoms with Crippen LogP contribution in [-0.2, 0) is 16.6 Å². The van der Waals surface area contributed by atoms with Crippen LogP contribution in [0, 0.1) is 0 Å². The van der Waals surface area contributed by atoms with Gasteiger partial charge in [0.15, 0.2) is 11.5 Å². The van der Waals surface area contributed by atoms with E-state index in [4.69, 9.17) is 9.15 Å². The van der Waals surface area contributed by atoms with Crippen LogP contribution in [-0.4, -0.2) is 70.3 Å². The maximum Gasteiger partial charge on any atom is 0.246 e. The number of hydrogen-bond acceptors (Lipinski definition) is 6. The van der Waals surface area contributed by atoms with Gasteiger partial charge in [0, 0.05) is 30.3 Å². The predicted molar refractivity (Wildman–Crippen MR) is 117 cm³/mol. The molecule has 2 aliphatic heterocycles. The molecular formula is C25H28N2O5. The Bertz CT molecular complexity index is 1110. The summed E-state index contributed by atoms with van der Waals surface area (Å²) < 4.78 is 11.4. The second-order valence-electron chi connectivity index (χ2n) is 9.73. The molecule has 2 aliphatic carbocycles. The molecular weight excluding hydrogens is 408 g/mol. The van der Waals surface area contributed by atoms with E-state index in [9.17, 15) is 15.0 Å². The van der Waals surface area contributed by atoms with E-state index in [2.05, 4.69) is 11.9 Å². The topological polar surface area (TPSA) is 86.4 Å². The van der Waals surface area contributed by atoms with Gasteiger partial charge in [-0.3, -0.25) is 4.79 Å². The molecule has 0 unspecified atom stereocenters. The lowest BCUT2D eigenvalue weighted by atomic mass is 9.47. The molecule has 2 bridgehead atoms. The fraction of sp³-hybridized carbons (Fsp3) is 0.480. The van der Waals surface area contributed by atoms with Crippen molar-refractivity contribution in [3.63, 3.8) is 0 Å². The van der Waals surface area contributed by atoms with Crippen LogP contribution in [0.2, 0.25) is 0 Å². The molecule has 1 spiro atoms. The number of aromatic hydroxyl groups is 1. The summed E-state index contributed by atoms with van der Waals surface area (Å²) >= 11 is 0. The maximum absolute atomic E-state index is 13.2. The number of phenols is 1. The van der Waals surface area contributed by atoms with Gasteiger partial charge < -0.3 is 29.2 Å². The lowest BCUT2D eigenvalue weighted by molar-refractivity contribution is -0.213. The lowest BCUT2D eigenvalue weighted by Gasteiger charge is -2.66. The van der Waals surface area contributed by atoms with Crippen molar-refractivity contribution in [2.75, 3.05) is 20.6 Å². The van der Waals surface area contributed by atoms with Crippen LogP contribution in [0.4, 0.5) is 0 Å². The van der Waals surface area contributed by atoms with Crippen molar-refractivity contribution in [1.82, 2.24) is 9.80 Å². The highest BCUT2D eigenvalue weighted by atomic mass is 16.5. The molecule has 5 atom stereocenters. The van der Waals surface area contributed by atoms with Gasteiger partial charge in [-0.1, -0.05) is 6.07 Å². The molecule has 7 heteroatoms. The van der Waals surface area contributed by atoms with Gasteiger partial charge in [-0.2, -0.15) is 0 Å². The molecule has 4 aliphatic rings. The number of furan rings is 1. The zero-order valence-corrected chi connectivity index (χ0v) is 18.3. The molecule has 1 amide bonds. The third-order valence-corrected chi connectivity index (χ3v) is 8.49. The van der Waals surface area contributed by atoms with Gasteiger partial charge in [0.2, 0.25) is 5.91 Å². The SMILES string of the molecule is CN1CC[C@]23c4c5ccc(O)c4O[C@H]2CC[C@H](N(C)C(=O)/C=C/c2ccoc2)[C@@]3(O)[C@H]1C5. The molecule has 168 valence electrons. The molecule has 1 aromatic carbocycles. The summed E-state index contributed by atoms with van der Waals surface area (Å²) in [6.45, 7) is 0.839. The highest BCUT2D eigenvalue weighted by Gasteiger charge is 2.74. The molecule has 2 fully saturated rings. The van der Waals surface area contributed by atoms with Crippen molar-refractivity contribution < 1.29 is 24.2 Å². The van der Waals surface area contributed by atoms with Gasteiger partial charge in [-0.05, 0) is 63.0 Å². The number of benzene rings is 1. The zero-order valence-electron chi connectivity index (χ0n) is 18.3. The van der Waals surface area contributed by atoms with Gasteiger partial charge in [-0.15, -0.1) is 0 Å². The highest BCUT2D eigenvalue weighted by Crippen LogP contribution is 2.65. The van der Waals surface area contributed by atoms with E-state index >= 15 is 0 Å². The molecule has 1 saturated carbocycles. The number of carbonyl (C=O) groups excluding carboxylic acids is 1. The minimum Gasteiger partial charge on any atom is -0.504 e. The van der Waals surface area contributed by atoms with E-state index in [-0.39, 0.29) is 29.8 Å². The average Bonchev–Trinajstić information content (AvgIpc) is 3.41. The number of rotatable bonds is 3. The number of ether oxygens (including phenoxy) is 1. The van der Waals surface area contributed by atoms with Gasteiger partial charge in [0.1, 0.15) is 11.7 Å². The Hall–Kier alpha value is -2.77. The first kappa shape index (κ1) is 19.9. The molecule has 6 rings (SSSR count). The number of carbonyl (C=O) groups is 1. The minimum atomic E-state index is -1.18. The largest absolute Gasteiger partial charge is 0.504 e. The smallest absolute Gasteiger partial charge is 0.246 e. The first-order chi connectivity index (χ1) is 15.4.